The van der Waals surface area contributed by atoms with Crippen LogP contribution >= 0.6 is 11.8 Å². The van der Waals surface area contributed by atoms with Gasteiger partial charge in [-0.25, -0.2) is 4.57 Å². The molecular formula is C26H31N2O2S+. The summed E-state index contributed by atoms with van der Waals surface area (Å²) in [5.74, 6) is 0.985. The van der Waals surface area contributed by atoms with Gasteiger partial charge in [-0.15, -0.1) is 11.8 Å². The molecule has 5 heteroatoms. The highest BCUT2D eigenvalue weighted by molar-refractivity contribution is 7.98. The molecule has 0 aliphatic carbocycles. The summed E-state index contributed by atoms with van der Waals surface area (Å²) >= 11 is 1.79. The molecule has 0 amide bonds. The van der Waals surface area contributed by atoms with Gasteiger partial charge in [0.05, 0.1) is 30.8 Å². The van der Waals surface area contributed by atoms with Crippen LogP contribution in [0.5, 0.6) is 5.75 Å². The predicted molar refractivity (Wildman–Crippen MR) is 127 cm³/mol. The van der Waals surface area contributed by atoms with Gasteiger partial charge in [0, 0.05) is 42.8 Å². The lowest BCUT2D eigenvalue weighted by molar-refractivity contribution is -0.688. The van der Waals surface area contributed by atoms with Gasteiger partial charge in [-0.05, 0) is 48.6 Å². The van der Waals surface area contributed by atoms with E-state index in [0.29, 0.717) is 0 Å². The topological polar surface area (TPSA) is 25.6 Å². The van der Waals surface area contributed by atoms with Crippen LogP contribution in [0.15, 0.2) is 53.6 Å². The lowest BCUT2D eigenvalue weighted by Crippen LogP contribution is -2.37. The third-order valence-corrected chi connectivity index (χ3v) is 7.17. The average Bonchev–Trinajstić information content (AvgIpc) is 3.31. The van der Waals surface area contributed by atoms with E-state index in [9.17, 15) is 0 Å². The van der Waals surface area contributed by atoms with Gasteiger partial charge in [0.15, 0.2) is 11.9 Å². The number of thioether (sulfide) groups is 1. The Bertz CT molecular complexity index is 1050. The Balaban J connectivity index is 1.37. The van der Waals surface area contributed by atoms with Crippen LogP contribution in [0.4, 0.5) is 0 Å². The summed E-state index contributed by atoms with van der Waals surface area (Å²) in [4.78, 5) is 3.76. The zero-order valence-corrected chi connectivity index (χ0v) is 19.1. The molecule has 0 N–H and O–H groups in total. The van der Waals surface area contributed by atoms with Crippen LogP contribution in [0.2, 0.25) is 0 Å². The number of morpholine rings is 1. The minimum atomic E-state index is 0.758. The van der Waals surface area contributed by atoms with Crippen molar-refractivity contribution in [3.05, 3.63) is 54.4 Å². The molecule has 2 aromatic carbocycles. The Labute approximate surface area is 189 Å². The molecule has 1 saturated heterocycles. The Morgan fingerprint density at radius 2 is 1.90 bits per heavy atom. The highest BCUT2D eigenvalue weighted by Gasteiger charge is 2.25. The van der Waals surface area contributed by atoms with Crippen LogP contribution in [-0.2, 0) is 17.7 Å². The van der Waals surface area contributed by atoms with Crippen molar-refractivity contribution < 1.29 is 14.0 Å². The second-order valence-corrected chi connectivity index (χ2v) is 9.26. The Morgan fingerprint density at radius 1 is 1.06 bits per heavy atom. The fraction of sp³-hybridized carbons (Fsp3) is 0.423. The SMILES string of the molecule is CSc1ccc(-c2c[n+]3c(c4cc(OCCCN5CCOCC5)ccc24)CCC3)cc1. The number of benzene rings is 2. The second kappa shape index (κ2) is 9.60. The average molecular weight is 436 g/mol. The van der Waals surface area contributed by atoms with Crippen molar-refractivity contribution >= 4 is 22.5 Å². The number of hydrogen-bond donors (Lipinski definition) is 0. The van der Waals surface area contributed by atoms with Crippen LogP contribution in [0.25, 0.3) is 21.9 Å². The molecule has 0 saturated carbocycles. The molecular weight excluding hydrogens is 404 g/mol. The van der Waals surface area contributed by atoms with Crippen molar-refractivity contribution in [3.8, 4) is 16.9 Å². The molecule has 162 valence electrons. The van der Waals surface area contributed by atoms with Gasteiger partial charge in [0.25, 0.3) is 0 Å². The number of ether oxygens (including phenoxy) is 2. The van der Waals surface area contributed by atoms with Gasteiger partial charge in [-0.2, -0.15) is 0 Å². The summed E-state index contributed by atoms with van der Waals surface area (Å²) in [6, 6.07) is 15.6. The van der Waals surface area contributed by atoms with Crippen molar-refractivity contribution in [1.29, 1.82) is 0 Å². The first kappa shape index (κ1) is 20.8. The monoisotopic (exact) mass is 435 g/mol. The van der Waals surface area contributed by atoms with Gasteiger partial charge in [0.1, 0.15) is 12.3 Å². The normalized spacial score (nSPS) is 16.5. The second-order valence-electron chi connectivity index (χ2n) is 8.38. The Hall–Kier alpha value is -2.08. The first-order valence-corrected chi connectivity index (χ1v) is 12.6. The minimum Gasteiger partial charge on any atom is -0.494 e. The van der Waals surface area contributed by atoms with Crippen molar-refractivity contribution in [2.75, 3.05) is 45.7 Å². The number of pyridine rings is 1. The summed E-state index contributed by atoms with van der Waals surface area (Å²) < 4.78 is 14.0. The van der Waals surface area contributed by atoms with Gasteiger partial charge >= 0.3 is 0 Å². The zero-order chi connectivity index (χ0) is 21.0. The van der Waals surface area contributed by atoms with E-state index < -0.39 is 0 Å². The highest BCUT2D eigenvalue weighted by Crippen LogP contribution is 2.34. The molecule has 3 heterocycles. The predicted octanol–water partition coefficient (Wildman–Crippen LogP) is 4.56. The third-order valence-electron chi connectivity index (χ3n) is 6.43. The molecule has 1 fully saturated rings. The molecule has 2 aliphatic rings. The van der Waals surface area contributed by atoms with E-state index in [4.69, 9.17) is 9.47 Å². The molecule has 0 unspecified atom stereocenters. The van der Waals surface area contributed by atoms with Crippen molar-refractivity contribution in [3.63, 3.8) is 0 Å². The van der Waals surface area contributed by atoms with E-state index >= 15 is 0 Å². The quantitative estimate of drug-likeness (QED) is 0.309. The summed E-state index contributed by atoms with van der Waals surface area (Å²) in [7, 11) is 0. The third kappa shape index (κ3) is 4.59. The molecule has 3 aromatic rings. The lowest BCUT2D eigenvalue weighted by atomic mass is 9.98. The summed E-state index contributed by atoms with van der Waals surface area (Å²) in [5, 5.41) is 2.67. The number of fused-ring (bicyclic) bond motifs is 3. The number of nitrogens with zero attached hydrogens (tertiary/aromatic N) is 2. The first-order valence-electron chi connectivity index (χ1n) is 11.4. The van der Waals surface area contributed by atoms with E-state index in [-0.39, 0.29) is 0 Å². The summed E-state index contributed by atoms with van der Waals surface area (Å²) in [6.07, 6.45) is 7.88. The van der Waals surface area contributed by atoms with Gasteiger partial charge in [0.2, 0.25) is 0 Å². The molecule has 0 bridgehead atoms. The Morgan fingerprint density at radius 3 is 2.71 bits per heavy atom. The Kier molecular flexibility index (Phi) is 6.44. The van der Waals surface area contributed by atoms with Crippen molar-refractivity contribution in [2.45, 2.75) is 30.7 Å². The molecule has 2 aliphatic heterocycles. The fourth-order valence-electron chi connectivity index (χ4n) is 4.74. The van der Waals surface area contributed by atoms with Crippen LogP contribution < -0.4 is 9.30 Å². The minimum absolute atomic E-state index is 0.758. The number of aryl methyl sites for hydroxylation is 2. The smallest absolute Gasteiger partial charge is 0.189 e. The standard InChI is InChI=1S/C26H31N2O2S/c1-31-22-8-5-20(6-9-22)25-19-28-12-2-4-26(28)24-18-21(7-10-23(24)25)30-15-3-11-27-13-16-29-17-14-27/h5-10,18-19H,2-4,11-17H2,1H3/q+1. The van der Waals surface area contributed by atoms with E-state index in [1.807, 2.05) is 0 Å². The van der Waals surface area contributed by atoms with Gasteiger partial charge in [-0.1, -0.05) is 12.1 Å². The van der Waals surface area contributed by atoms with E-state index in [1.165, 1.54) is 38.9 Å². The van der Waals surface area contributed by atoms with Crippen LogP contribution in [0, 0.1) is 0 Å². The van der Waals surface area contributed by atoms with Crippen LogP contribution in [0.1, 0.15) is 18.5 Å². The maximum Gasteiger partial charge on any atom is 0.189 e. The largest absolute Gasteiger partial charge is 0.494 e. The fourth-order valence-corrected chi connectivity index (χ4v) is 5.15. The molecule has 1 aromatic heterocycles. The van der Waals surface area contributed by atoms with Gasteiger partial charge in [-0.3, -0.25) is 4.90 Å². The molecule has 0 atom stereocenters. The van der Waals surface area contributed by atoms with Crippen LogP contribution in [-0.4, -0.2) is 50.6 Å². The highest BCUT2D eigenvalue weighted by atomic mass is 32.2. The van der Waals surface area contributed by atoms with E-state index in [1.54, 1.807) is 11.8 Å². The maximum absolute atomic E-state index is 6.17. The molecule has 5 rings (SSSR count). The first-order chi connectivity index (χ1) is 15.3. The van der Waals surface area contributed by atoms with Crippen LogP contribution in [0.3, 0.4) is 0 Å². The molecule has 0 spiro atoms. The maximum atomic E-state index is 6.17. The summed E-state index contributed by atoms with van der Waals surface area (Å²) in [6.45, 7) is 6.74. The molecule has 4 nitrogen and oxygen atoms in total. The molecule has 31 heavy (non-hydrogen) atoms. The van der Waals surface area contributed by atoms with Gasteiger partial charge < -0.3 is 9.47 Å². The van der Waals surface area contributed by atoms with E-state index in [0.717, 1.165) is 64.6 Å². The van der Waals surface area contributed by atoms with Crippen molar-refractivity contribution in [1.82, 2.24) is 4.90 Å². The number of rotatable bonds is 7. The zero-order valence-electron chi connectivity index (χ0n) is 18.3. The lowest BCUT2D eigenvalue weighted by Gasteiger charge is -2.26. The number of hydrogen-bond acceptors (Lipinski definition) is 4. The molecule has 0 radical (unpaired) electrons. The van der Waals surface area contributed by atoms with E-state index in [2.05, 4.69) is 64.4 Å². The van der Waals surface area contributed by atoms with Crippen molar-refractivity contribution in [2.24, 2.45) is 0 Å². The number of aromatic nitrogens is 1. The summed E-state index contributed by atoms with van der Waals surface area (Å²) in [5.41, 5.74) is 4.04.